The molecule has 0 unspecified atom stereocenters. The van der Waals surface area contributed by atoms with E-state index in [0.717, 1.165) is 13.8 Å². The van der Waals surface area contributed by atoms with E-state index in [4.69, 9.17) is 19.8 Å². The molecule has 0 aromatic rings. The molecule has 0 spiro atoms. The lowest BCUT2D eigenvalue weighted by molar-refractivity contribution is -0.149. The van der Waals surface area contributed by atoms with E-state index in [1.54, 1.807) is 0 Å². The van der Waals surface area contributed by atoms with Crippen LogP contribution in [0, 0.1) is 0 Å². The molecule has 0 fully saturated rings. The minimum Gasteiger partial charge on any atom is -0.481 e. The number of hydrogen-bond acceptors (Lipinski definition) is 8. The number of carboxylic acid groups (broad SMARTS) is 2. The fourth-order valence-corrected chi connectivity index (χ4v) is 0.371. The average molecular weight is 300 g/mol. The molecule has 10 nitrogen and oxygen atoms in total. The average Bonchev–Trinajstić information content (AvgIpc) is 2.09. The van der Waals surface area contributed by atoms with E-state index in [1.165, 1.54) is 13.8 Å². The fraction of sp³-hybridized carbons (Fsp3) is 0.600. The molecule has 0 bridgehead atoms. The third-order valence-electron chi connectivity index (χ3n) is 0.694. The molecular weight excluding hydrogens is 276 g/mol. The Hall–Kier alpha value is -2.20. The summed E-state index contributed by atoms with van der Waals surface area (Å²) in [7, 11) is 0. The highest BCUT2D eigenvalue weighted by molar-refractivity contribution is 5.66. The van der Waals surface area contributed by atoms with Crippen LogP contribution in [-0.2, 0) is 28.7 Å². The van der Waals surface area contributed by atoms with Gasteiger partial charge in [0.25, 0.3) is 11.9 Å². The monoisotopic (exact) mass is 300 g/mol. The summed E-state index contributed by atoms with van der Waals surface area (Å²) >= 11 is 0. The van der Waals surface area contributed by atoms with Crippen molar-refractivity contribution < 1.29 is 38.9 Å². The van der Waals surface area contributed by atoms with Crippen LogP contribution >= 0.6 is 0 Å². The Morgan fingerprint density at radius 1 is 0.700 bits per heavy atom. The van der Waals surface area contributed by atoms with Crippen LogP contribution in [0.15, 0.2) is 0 Å². The summed E-state index contributed by atoms with van der Waals surface area (Å²) in [5, 5.41) is 14.8. The zero-order valence-corrected chi connectivity index (χ0v) is 12.2. The van der Waals surface area contributed by atoms with Crippen LogP contribution in [0.2, 0.25) is 0 Å². The molecule has 0 aliphatic heterocycles. The summed E-state index contributed by atoms with van der Waals surface area (Å²) in [5.74, 6) is -2.40. The van der Waals surface area contributed by atoms with Crippen molar-refractivity contribution in [3.8, 4) is 0 Å². The Morgan fingerprint density at radius 3 is 0.950 bits per heavy atom. The van der Waals surface area contributed by atoms with Crippen molar-refractivity contribution in [2.24, 2.45) is 0 Å². The number of hydrogen-bond donors (Lipinski definition) is 4. The third kappa shape index (κ3) is 150. The Balaban J connectivity index is -0.0000000637. The Morgan fingerprint density at radius 2 is 0.850 bits per heavy atom. The molecule has 10 heteroatoms. The van der Waals surface area contributed by atoms with Gasteiger partial charge in [-0.25, -0.2) is 0 Å². The van der Waals surface area contributed by atoms with Gasteiger partial charge >= 0.3 is 11.9 Å². The largest absolute Gasteiger partial charge is 0.481 e. The molecule has 0 radical (unpaired) electrons. The second-order valence-electron chi connectivity index (χ2n) is 2.72. The van der Waals surface area contributed by atoms with E-state index in [-0.39, 0.29) is 37.5 Å². The van der Waals surface area contributed by atoms with Crippen LogP contribution in [-0.4, -0.2) is 47.3 Å². The molecule has 0 aliphatic carbocycles. The number of ether oxygens (including phenoxy) is 2. The van der Waals surface area contributed by atoms with Crippen molar-refractivity contribution in [3.05, 3.63) is 0 Å². The standard InChI is InChI=1S/C6H10O4.2C2H4O2.2H3N/c1-5(7)9-3-4-10-6(2)8;2*1-2(3)4;;/h3-4H2,1-2H3;2*1H3,(H,3,4);2*1H3. The van der Waals surface area contributed by atoms with Crippen LogP contribution in [0.4, 0.5) is 0 Å². The SMILES string of the molecule is CC(=O)O.CC(=O)O.CC(=O)OCCOC(C)=O.N.N. The summed E-state index contributed by atoms with van der Waals surface area (Å²) in [6, 6.07) is 0. The molecule has 20 heavy (non-hydrogen) atoms. The van der Waals surface area contributed by atoms with Gasteiger partial charge in [0.15, 0.2) is 0 Å². The van der Waals surface area contributed by atoms with Crippen molar-refractivity contribution in [1.82, 2.24) is 12.3 Å². The van der Waals surface area contributed by atoms with E-state index < -0.39 is 11.9 Å². The molecule has 122 valence electrons. The maximum absolute atomic E-state index is 10.1. The fourth-order valence-electron chi connectivity index (χ4n) is 0.371. The highest BCUT2D eigenvalue weighted by atomic mass is 16.6. The van der Waals surface area contributed by atoms with Crippen molar-refractivity contribution in [2.45, 2.75) is 27.7 Å². The van der Waals surface area contributed by atoms with Crippen LogP contribution in [0.25, 0.3) is 0 Å². The van der Waals surface area contributed by atoms with Crippen LogP contribution in [0.5, 0.6) is 0 Å². The zero-order valence-electron chi connectivity index (χ0n) is 12.2. The first-order chi connectivity index (χ1) is 8.09. The quantitative estimate of drug-likeness (QED) is 0.423. The third-order valence-corrected chi connectivity index (χ3v) is 0.694. The van der Waals surface area contributed by atoms with Gasteiger partial charge in [-0.05, 0) is 0 Å². The van der Waals surface area contributed by atoms with Crippen molar-refractivity contribution in [2.75, 3.05) is 13.2 Å². The number of esters is 2. The summed E-state index contributed by atoms with van der Waals surface area (Å²) in [5.41, 5.74) is 0. The molecule has 0 rings (SSSR count). The van der Waals surface area contributed by atoms with Gasteiger partial charge in [-0.15, -0.1) is 0 Å². The zero-order chi connectivity index (χ0) is 15.1. The molecule has 0 amide bonds. The maximum Gasteiger partial charge on any atom is 0.302 e. The van der Waals surface area contributed by atoms with Gasteiger partial charge < -0.3 is 32.0 Å². The van der Waals surface area contributed by atoms with Crippen molar-refractivity contribution in [3.63, 3.8) is 0 Å². The minimum absolute atomic E-state index is 0. The van der Waals surface area contributed by atoms with Crippen molar-refractivity contribution >= 4 is 23.9 Å². The van der Waals surface area contributed by atoms with Gasteiger partial charge in [-0.2, -0.15) is 0 Å². The Kier molecular flexibility index (Phi) is 33.8. The predicted octanol–water partition coefficient (Wildman–Crippen LogP) is 0.618. The molecule has 8 N–H and O–H groups in total. The van der Waals surface area contributed by atoms with E-state index in [2.05, 4.69) is 9.47 Å². The van der Waals surface area contributed by atoms with Gasteiger partial charge in [0.05, 0.1) is 0 Å². The van der Waals surface area contributed by atoms with Gasteiger partial charge in [0.2, 0.25) is 0 Å². The topological polar surface area (TPSA) is 197 Å². The molecule has 0 atom stereocenters. The summed E-state index contributed by atoms with van der Waals surface area (Å²) in [4.78, 5) is 38.3. The van der Waals surface area contributed by atoms with E-state index in [9.17, 15) is 9.59 Å². The maximum atomic E-state index is 10.1. The van der Waals surface area contributed by atoms with E-state index in [0.29, 0.717) is 0 Å². The molecule has 0 aliphatic rings. The van der Waals surface area contributed by atoms with Gasteiger partial charge in [-0.3, -0.25) is 19.2 Å². The number of carbonyl (C=O) groups is 4. The molecule has 0 heterocycles. The first kappa shape index (κ1) is 30.7. The number of aliphatic carboxylic acids is 2. The van der Waals surface area contributed by atoms with Crippen molar-refractivity contribution in [1.29, 1.82) is 0 Å². The smallest absolute Gasteiger partial charge is 0.302 e. The molecular formula is C10H24N2O8. The highest BCUT2D eigenvalue weighted by Gasteiger charge is 1.94. The lowest BCUT2D eigenvalue weighted by atomic mass is 10.7. The van der Waals surface area contributed by atoms with E-state index >= 15 is 0 Å². The predicted molar refractivity (Wildman–Crippen MR) is 69.9 cm³/mol. The van der Waals surface area contributed by atoms with Crippen LogP contribution < -0.4 is 12.3 Å². The van der Waals surface area contributed by atoms with Crippen LogP contribution in [0.3, 0.4) is 0 Å². The lowest BCUT2D eigenvalue weighted by Gasteiger charge is -2.00. The van der Waals surface area contributed by atoms with Crippen LogP contribution in [0.1, 0.15) is 27.7 Å². The second kappa shape index (κ2) is 22.0. The second-order valence-corrected chi connectivity index (χ2v) is 2.72. The molecule has 0 saturated heterocycles. The summed E-state index contributed by atoms with van der Waals surface area (Å²) in [6.07, 6.45) is 0. The first-order valence-electron chi connectivity index (χ1n) is 4.75. The Bertz CT molecular complexity index is 244. The van der Waals surface area contributed by atoms with Gasteiger partial charge in [0.1, 0.15) is 13.2 Å². The summed E-state index contributed by atoms with van der Waals surface area (Å²) < 4.78 is 8.95. The van der Waals surface area contributed by atoms with Gasteiger partial charge in [0, 0.05) is 27.7 Å². The lowest BCUT2D eigenvalue weighted by Crippen LogP contribution is -2.09. The highest BCUT2D eigenvalue weighted by Crippen LogP contribution is 1.79. The normalized spacial score (nSPS) is 6.80. The number of carbonyl (C=O) groups excluding carboxylic acids is 2. The molecule has 0 saturated carbocycles. The molecule has 0 aromatic carbocycles. The Labute approximate surface area is 117 Å². The minimum atomic E-state index is -0.833. The molecule has 0 aromatic heterocycles. The van der Waals surface area contributed by atoms with E-state index in [1.807, 2.05) is 0 Å². The van der Waals surface area contributed by atoms with Gasteiger partial charge in [-0.1, -0.05) is 0 Å². The number of rotatable bonds is 3. The summed E-state index contributed by atoms with van der Waals surface area (Å²) in [6.45, 7) is 5.03. The first-order valence-corrected chi connectivity index (χ1v) is 4.75. The number of carboxylic acids is 2.